The average molecular weight is 346 g/mol. The molecule has 0 fully saturated rings. The lowest BCUT2D eigenvalue weighted by Crippen LogP contribution is -2.10. The summed E-state index contributed by atoms with van der Waals surface area (Å²) in [4.78, 5) is 4.44. The zero-order valence-electron chi connectivity index (χ0n) is 11.9. The highest BCUT2D eigenvalue weighted by Crippen LogP contribution is 2.29. The van der Waals surface area contributed by atoms with Crippen molar-refractivity contribution in [3.05, 3.63) is 52.5 Å². The fourth-order valence-electron chi connectivity index (χ4n) is 2.53. The van der Waals surface area contributed by atoms with Crippen molar-refractivity contribution in [1.82, 2.24) is 9.55 Å². The first kappa shape index (κ1) is 13.9. The Kier molecular flexibility index (Phi) is 3.59. The fourth-order valence-corrected chi connectivity index (χ4v) is 2.88. The van der Waals surface area contributed by atoms with E-state index in [-0.39, 0.29) is 6.04 Å². The molecule has 2 aromatic carbocycles. The third-order valence-electron chi connectivity index (χ3n) is 3.66. The van der Waals surface area contributed by atoms with E-state index in [1.807, 2.05) is 47.0 Å². The molecular weight excluding hydrogens is 330 g/mol. The van der Waals surface area contributed by atoms with Crippen molar-refractivity contribution in [1.29, 1.82) is 0 Å². The van der Waals surface area contributed by atoms with Crippen LogP contribution in [0, 0.1) is 0 Å². The molecule has 0 amide bonds. The normalized spacial score (nSPS) is 12.5. The second kappa shape index (κ2) is 5.41. The summed E-state index contributed by atoms with van der Waals surface area (Å²) in [6.45, 7) is 2.11. The van der Waals surface area contributed by atoms with E-state index in [4.69, 9.17) is 10.5 Å². The quantitative estimate of drug-likeness (QED) is 0.780. The fraction of sp³-hybridized carbons (Fsp3) is 0.188. The molecular formula is C16H16BrN3O. The number of anilines is 1. The molecule has 108 valence electrons. The van der Waals surface area contributed by atoms with Crippen molar-refractivity contribution < 1.29 is 4.74 Å². The number of fused-ring (bicyclic) bond motifs is 1. The Labute approximate surface area is 131 Å². The smallest absolute Gasteiger partial charge is 0.201 e. The van der Waals surface area contributed by atoms with Crippen LogP contribution in [0.4, 0.5) is 5.95 Å². The summed E-state index contributed by atoms with van der Waals surface area (Å²) < 4.78 is 8.24. The lowest BCUT2D eigenvalue weighted by atomic mass is 10.1. The van der Waals surface area contributed by atoms with Gasteiger partial charge in [0.05, 0.1) is 24.2 Å². The highest BCUT2D eigenvalue weighted by atomic mass is 79.9. The molecule has 0 saturated carbocycles. The summed E-state index contributed by atoms with van der Waals surface area (Å²) in [6.07, 6.45) is 0. The summed E-state index contributed by atoms with van der Waals surface area (Å²) in [6, 6.07) is 14.1. The molecule has 1 unspecified atom stereocenters. The van der Waals surface area contributed by atoms with Gasteiger partial charge in [-0.15, -0.1) is 0 Å². The van der Waals surface area contributed by atoms with Crippen molar-refractivity contribution >= 4 is 32.9 Å². The predicted molar refractivity (Wildman–Crippen MR) is 88.7 cm³/mol. The number of nitrogen functional groups attached to an aromatic ring is 1. The largest absolute Gasteiger partial charge is 0.497 e. The number of nitrogens with zero attached hydrogens (tertiary/aromatic N) is 2. The van der Waals surface area contributed by atoms with E-state index in [0.717, 1.165) is 26.8 Å². The number of nitrogens with two attached hydrogens (primary N) is 1. The van der Waals surface area contributed by atoms with Gasteiger partial charge in [-0.2, -0.15) is 0 Å². The van der Waals surface area contributed by atoms with Gasteiger partial charge in [-0.25, -0.2) is 4.98 Å². The first-order chi connectivity index (χ1) is 10.1. The van der Waals surface area contributed by atoms with Crippen molar-refractivity contribution in [2.75, 3.05) is 12.8 Å². The summed E-state index contributed by atoms with van der Waals surface area (Å²) in [7, 11) is 1.66. The second-order valence-electron chi connectivity index (χ2n) is 4.92. The van der Waals surface area contributed by atoms with Crippen molar-refractivity contribution in [3.63, 3.8) is 0 Å². The van der Waals surface area contributed by atoms with E-state index < -0.39 is 0 Å². The van der Waals surface area contributed by atoms with Crippen LogP contribution < -0.4 is 10.5 Å². The highest BCUT2D eigenvalue weighted by Gasteiger charge is 2.15. The van der Waals surface area contributed by atoms with Crippen LogP contribution in [0.15, 0.2) is 46.9 Å². The summed E-state index contributed by atoms with van der Waals surface area (Å²) in [5.74, 6) is 1.37. The van der Waals surface area contributed by atoms with Crippen LogP contribution in [0.3, 0.4) is 0 Å². The van der Waals surface area contributed by atoms with Crippen LogP contribution in [0.2, 0.25) is 0 Å². The molecule has 1 heterocycles. The van der Waals surface area contributed by atoms with Gasteiger partial charge >= 0.3 is 0 Å². The van der Waals surface area contributed by atoms with E-state index in [1.54, 1.807) is 7.11 Å². The SMILES string of the molecule is COc1ccc(C(C)n2c(N)nc3cc(Br)ccc32)cc1. The van der Waals surface area contributed by atoms with Gasteiger partial charge in [0, 0.05) is 4.47 Å². The van der Waals surface area contributed by atoms with E-state index in [1.165, 1.54) is 0 Å². The Morgan fingerprint density at radius 1 is 1.19 bits per heavy atom. The van der Waals surface area contributed by atoms with Gasteiger partial charge in [-0.3, -0.25) is 0 Å². The molecule has 0 aliphatic carbocycles. The van der Waals surface area contributed by atoms with Crippen molar-refractivity contribution in [2.24, 2.45) is 0 Å². The number of hydrogen-bond donors (Lipinski definition) is 1. The minimum atomic E-state index is 0.0991. The van der Waals surface area contributed by atoms with Gasteiger partial charge in [0.2, 0.25) is 5.95 Å². The maximum atomic E-state index is 6.11. The Morgan fingerprint density at radius 2 is 1.90 bits per heavy atom. The first-order valence-corrected chi connectivity index (χ1v) is 7.46. The number of hydrogen-bond acceptors (Lipinski definition) is 3. The van der Waals surface area contributed by atoms with Crippen LogP contribution in [0.25, 0.3) is 11.0 Å². The minimum Gasteiger partial charge on any atom is -0.497 e. The van der Waals surface area contributed by atoms with E-state index in [0.29, 0.717) is 5.95 Å². The summed E-state index contributed by atoms with van der Waals surface area (Å²) in [5, 5.41) is 0. The van der Waals surface area contributed by atoms with Gasteiger partial charge in [-0.05, 0) is 42.8 Å². The number of ether oxygens (including phenoxy) is 1. The topological polar surface area (TPSA) is 53.1 Å². The maximum absolute atomic E-state index is 6.11. The predicted octanol–water partition coefficient (Wildman–Crippen LogP) is 4.00. The van der Waals surface area contributed by atoms with Crippen LogP contribution in [0.5, 0.6) is 5.75 Å². The lowest BCUT2D eigenvalue weighted by molar-refractivity contribution is 0.414. The van der Waals surface area contributed by atoms with Crippen LogP contribution in [-0.2, 0) is 0 Å². The van der Waals surface area contributed by atoms with Crippen molar-refractivity contribution in [2.45, 2.75) is 13.0 Å². The highest BCUT2D eigenvalue weighted by molar-refractivity contribution is 9.10. The first-order valence-electron chi connectivity index (χ1n) is 6.67. The van der Waals surface area contributed by atoms with Crippen LogP contribution in [0.1, 0.15) is 18.5 Å². The number of halogens is 1. The molecule has 5 heteroatoms. The summed E-state index contributed by atoms with van der Waals surface area (Å²) >= 11 is 3.46. The third kappa shape index (κ3) is 2.49. The molecule has 0 aliphatic heterocycles. The molecule has 2 N–H and O–H groups in total. The number of methoxy groups -OCH3 is 1. The number of benzene rings is 2. The molecule has 3 rings (SSSR count). The minimum absolute atomic E-state index is 0.0991. The molecule has 1 atom stereocenters. The third-order valence-corrected chi connectivity index (χ3v) is 4.16. The maximum Gasteiger partial charge on any atom is 0.201 e. The number of aromatic nitrogens is 2. The second-order valence-corrected chi connectivity index (χ2v) is 5.84. The summed E-state index contributed by atoms with van der Waals surface area (Å²) in [5.41, 5.74) is 9.18. The Morgan fingerprint density at radius 3 is 2.57 bits per heavy atom. The molecule has 21 heavy (non-hydrogen) atoms. The monoisotopic (exact) mass is 345 g/mol. The molecule has 1 aromatic heterocycles. The molecule has 4 nitrogen and oxygen atoms in total. The zero-order chi connectivity index (χ0) is 15.0. The number of imidazole rings is 1. The lowest BCUT2D eigenvalue weighted by Gasteiger charge is -2.17. The molecule has 0 saturated heterocycles. The van der Waals surface area contributed by atoms with E-state index in [9.17, 15) is 0 Å². The van der Waals surface area contributed by atoms with Gasteiger partial charge < -0.3 is 15.0 Å². The standard InChI is InChI=1S/C16H16BrN3O/c1-10(11-3-6-13(21-2)7-4-11)20-15-8-5-12(17)9-14(15)19-16(20)18/h3-10H,1-2H3,(H2,18,19). The van der Waals surface area contributed by atoms with E-state index in [2.05, 4.69) is 27.8 Å². The van der Waals surface area contributed by atoms with Gasteiger partial charge in [0.25, 0.3) is 0 Å². The zero-order valence-corrected chi connectivity index (χ0v) is 13.5. The Balaban J connectivity index is 2.07. The Bertz CT molecular complexity index is 780. The molecule has 0 spiro atoms. The number of rotatable bonds is 3. The Hall–Kier alpha value is -2.01. The van der Waals surface area contributed by atoms with Gasteiger partial charge in [0.15, 0.2) is 0 Å². The molecule has 0 bridgehead atoms. The van der Waals surface area contributed by atoms with Crippen LogP contribution in [-0.4, -0.2) is 16.7 Å². The van der Waals surface area contributed by atoms with Gasteiger partial charge in [0.1, 0.15) is 5.75 Å². The average Bonchev–Trinajstić information content (AvgIpc) is 2.81. The molecule has 3 aromatic rings. The van der Waals surface area contributed by atoms with Gasteiger partial charge in [-0.1, -0.05) is 28.1 Å². The van der Waals surface area contributed by atoms with E-state index >= 15 is 0 Å². The molecule has 0 radical (unpaired) electrons. The molecule has 0 aliphatic rings. The van der Waals surface area contributed by atoms with Crippen molar-refractivity contribution in [3.8, 4) is 5.75 Å². The van der Waals surface area contributed by atoms with Crippen LogP contribution >= 0.6 is 15.9 Å².